The first kappa shape index (κ1) is 28.0. The Bertz CT molecular complexity index is 1570. The van der Waals surface area contributed by atoms with Crippen LogP contribution in [-0.2, 0) is 20.9 Å². The number of rotatable bonds is 9. The summed E-state index contributed by atoms with van der Waals surface area (Å²) >= 11 is 0. The van der Waals surface area contributed by atoms with Crippen molar-refractivity contribution in [1.29, 1.82) is 0 Å². The molecular formula is C32H32FN3O5. The molecule has 1 aliphatic heterocycles. The molecule has 1 saturated heterocycles. The van der Waals surface area contributed by atoms with Crippen LogP contribution in [0.5, 0.6) is 0 Å². The van der Waals surface area contributed by atoms with Crippen LogP contribution in [0.15, 0.2) is 79.0 Å². The largest absolute Gasteiger partial charge is 0.466 e. The zero-order chi connectivity index (χ0) is 28.9. The van der Waals surface area contributed by atoms with E-state index in [-0.39, 0.29) is 43.1 Å². The number of nitrogens with zero attached hydrogens (tertiary/aromatic N) is 3. The van der Waals surface area contributed by atoms with Gasteiger partial charge in [0.15, 0.2) is 0 Å². The number of hydrogen-bond acceptors (Lipinski definition) is 5. The van der Waals surface area contributed by atoms with E-state index in [0.29, 0.717) is 42.4 Å². The van der Waals surface area contributed by atoms with E-state index >= 15 is 0 Å². The molecule has 0 saturated carbocycles. The number of ether oxygens (including phenoxy) is 1. The van der Waals surface area contributed by atoms with Crippen molar-refractivity contribution in [2.45, 2.75) is 38.6 Å². The highest BCUT2D eigenvalue weighted by Crippen LogP contribution is 2.37. The van der Waals surface area contributed by atoms with Crippen LogP contribution in [0.25, 0.3) is 10.9 Å². The van der Waals surface area contributed by atoms with Gasteiger partial charge in [0.2, 0.25) is 5.91 Å². The number of nitro benzene ring substituents is 1. The van der Waals surface area contributed by atoms with Crippen molar-refractivity contribution >= 4 is 28.5 Å². The minimum Gasteiger partial charge on any atom is -0.466 e. The maximum atomic E-state index is 14.5. The monoisotopic (exact) mass is 557 g/mol. The fourth-order valence-corrected chi connectivity index (χ4v) is 5.71. The number of hydrogen-bond donors (Lipinski definition) is 0. The Labute approximate surface area is 237 Å². The molecule has 1 fully saturated rings. The van der Waals surface area contributed by atoms with Gasteiger partial charge in [-0.1, -0.05) is 42.5 Å². The van der Waals surface area contributed by atoms with Gasteiger partial charge in [0, 0.05) is 61.2 Å². The van der Waals surface area contributed by atoms with E-state index in [1.807, 2.05) is 41.1 Å². The summed E-state index contributed by atoms with van der Waals surface area (Å²) < 4.78 is 21.7. The molecule has 9 heteroatoms. The Morgan fingerprint density at radius 2 is 1.90 bits per heavy atom. The summed E-state index contributed by atoms with van der Waals surface area (Å²) in [6.07, 6.45) is 3.28. The maximum Gasteiger partial charge on any atom is 0.310 e. The molecule has 5 rings (SSSR count). The number of carbonyl (C=O) groups is 2. The third kappa shape index (κ3) is 6.29. The molecule has 0 aliphatic carbocycles. The van der Waals surface area contributed by atoms with Crippen LogP contribution < -0.4 is 0 Å². The summed E-state index contributed by atoms with van der Waals surface area (Å²) in [4.78, 5) is 39.1. The number of fused-ring (bicyclic) bond motifs is 1. The molecule has 212 valence electrons. The quantitative estimate of drug-likeness (QED) is 0.142. The molecule has 0 radical (unpaired) electrons. The number of amides is 1. The zero-order valence-corrected chi connectivity index (χ0v) is 22.9. The molecule has 0 spiro atoms. The summed E-state index contributed by atoms with van der Waals surface area (Å²) in [5, 5.41) is 12.3. The predicted molar refractivity (Wildman–Crippen MR) is 153 cm³/mol. The van der Waals surface area contributed by atoms with E-state index in [2.05, 4.69) is 0 Å². The van der Waals surface area contributed by atoms with Gasteiger partial charge < -0.3 is 14.2 Å². The third-order valence-corrected chi connectivity index (χ3v) is 7.70. The fraction of sp³-hybridized carbons (Fsp3) is 0.312. The lowest BCUT2D eigenvalue weighted by atomic mass is 9.87. The van der Waals surface area contributed by atoms with Gasteiger partial charge in [-0.15, -0.1) is 0 Å². The Hall–Kier alpha value is -4.53. The van der Waals surface area contributed by atoms with Gasteiger partial charge >= 0.3 is 5.97 Å². The second kappa shape index (κ2) is 12.3. The summed E-state index contributed by atoms with van der Waals surface area (Å²) in [6.45, 7) is 3.35. The highest BCUT2D eigenvalue weighted by molar-refractivity contribution is 5.88. The smallest absolute Gasteiger partial charge is 0.310 e. The highest BCUT2D eigenvalue weighted by atomic mass is 19.1. The van der Waals surface area contributed by atoms with E-state index in [9.17, 15) is 24.1 Å². The molecule has 0 bridgehead atoms. The van der Waals surface area contributed by atoms with E-state index in [0.717, 1.165) is 11.1 Å². The first-order chi connectivity index (χ1) is 19.8. The van der Waals surface area contributed by atoms with Crippen molar-refractivity contribution in [3.05, 3.63) is 112 Å². The van der Waals surface area contributed by atoms with Crippen LogP contribution >= 0.6 is 0 Å². The number of aromatic nitrogens is 1. The second-order valence-corrected chi connectivity index (χ2v) is 10.4. The molecule has 8 nitrogen and oxygen atoms in total. The van der Waals surface area contributed by atoms with Crippen molar-refractivity contribution in [2.24, 2.45) is 5.92 Å². The topological polar surface area (TPSA) is 94.7 Å². The highest BCUT2D eigenvalue weighted by Gasteiger charge is 2.32. The van der Waals surface area contributed by atoms with E-state index in [1.54, 1.807) is 30.0 Å². The van der Waals surface area contributed by atoms with Crippen LogP contribution in [0.4, 0.5) is 10.1 Å². The summed E-state index contributed by atoms with van der Waals surface area (Å²) in [5.41, 5.74) is 3.07. The van der Waals surface area contributed by atoms with Crippen LogP contribution in [0, 0.1) is 21.8 Å². The number of benzene rings is 3. The first-order valence-corrected chi connectivity index (χ1v) is 13.8. The lowest BCUT2D eigenvalue weighted by Crippen LogP contribution is -2.43. The summed E-state index contributed by atoms with van der Waals surface area (Å²) in [6, 6.07) is 20.7. The zero-order valence-electron chi connectivity index (χ0n) is 22.9. The normalized spacial score (nSPS) is 16.0. The molecule has 0 unspecified atom stereocenters. The molecule has 4 aromatic rings. The van der Waals surface area contributed by atoms with Crippen molar-refractivity contribution in [3.63, 3.8) is 0 Å². The van der Waals surface area contributed by atoms with Crippen molar-refractivity contribution in [1.82, 2.24) is 9.47 Å². The number of carbonyl (C=O) groups excluding carboxylic acids is 2. The Balaban J connectivity index is 1.56. The lowest BCUT2D eigenvalue weighted by Gasteiger charge is -2.32. The van der Waals surface area contributed by atoms with Gasteiger partial charge in [0.1, 0.15) is 5.82 Å². The molecule has 1 aliphatic rings. The van der Waals surface area contributed by atoms with Crippen molar-refractivity contribution in [2.75, 3.05) is 19.7 Å². The van der Waals surface area contributed by atoms with E-state index < -0.39 is 16.7 Å². The van der Waals surface area contributed by atoms with E-state index in [4.69, 9.17) is 4.74 Å². The SMILES string of the molecule is CCOC(=O)[C@H]1CCCN(C(=O)C[C@H](c2cccc(F)c2)c2cn(Cc3ccccc3)c3ccc([N+](=O)[O-])cc23)C1. The number of esters is 1. The minimum atomic E-state index is -0.567. The van der Waals surface area contributed by atoms with Crippen molar-refractivity contribution in [3.8, 4) is 0 Å². The molecule has 1 aromatic heterocycles. The lowest BCUT2D eigenvalue weighted by molar-refractivity contribution is -0.384. The molecule has 2 atom stereocenters. The van der Waals surface area contributed by atoms with Gasteiger partial charge in [-0.2, -0.15) is 0 Å². The summed E-state index contributed by atoms with van der Waals surface area (Å²) in [5.74, 6) is -1.84. The molecule has 41 heavy (non-hydrogen) atoms. The number of non-ortho nitro benzene ring substituents is 1. The minimum absolute atomic E-state index is 0.0200. The van der Waals surface area contributed by atoms with E-state index in [1.165, 1.54) is 24.3 Å². The number of nitro groups is 1. The standard InChI is InChI=1S/C32H32FN3O5/c1-2-41-32(38)24-11-7-15-34(20-24)31(37)18-27(23-10-6-12-25(33)16-23)29-21-35(19-22-8-4-3-5-9-22)30-14-13-26(36(39)40)17-28(29)30/h3-6,8-10,12-14,16-17,21,24,27H,2,7,11,15,18-20H2,1H3/t24-,27+/m0/s1. The van der Waals surface area contributed by atoms with Gasteiger partial charge in [-0.05, 0) is 54.7 Å². The molecule has 2 heterocycles. The Kier molecular flexibility index (Phi) is 8.42. The second-order valence-electron chi connectivity index (χ2n) is 10.4. The fourth-order valence-electron chi connectivity index (χ4n) is 5.71. The van der Waals surface area contributed by atoms with Crippen molar-refractivity contribution < 1.29 is 23.6 Å². The molecular weight excluding hydrogens is 525 g/mol. The van der Waals surface area contributed by atoms with Gasteiger partial charge in [0.25, 0.3) is 5.69 Å². The van der Waals surface area contributed by atoms with Crippen LogP contribution in [0.1, 0.15) is 48.8 Å². The van der Waals surface area contributed by atoms with Gasteiger partial charge in [-0.3, -0.25) is 19.7 Å². The van der Waals surface area contributed by atoms with Gasteiger partial charge in [-0.25, -0.2) is 4.39 Å². The maximum absolute atomic E-state index is 14.5. The van der Waals surface area contributed by atoms with Crippen LogP contribution in [-0.4, -0.2) is 46.0 Å². The predicted octanol–water partition coefficient (Wildman–Crippen LogP) is 6.06. The third-order valence-electron chi connectivity index (χ3n) is 7.70. The average Bonchev–Trinajstić information content (AvgIpc) is 3.33. The van der Waals surface area contributed by atoms with Crippen LogP contribution in [0.2, 0.25) is 0 Å². The number of piperidine rings is 1. The number of halogens is 1. The average molecular weight is 558 g/mol. The molecule has 0 N–H and O–H groups in total. The molecule has 1 amide bonds. The first-order valence-electron chi connectivity index (χ1n) is 13.8. The summed E-state index contributed by atoms with van der Waals surface area (Å²) in [7, 11) is 0. The van der Waals surface area contributed by atoms with Gasteiger partial charge in [0.05, 0.1) is 17.4 Å². The van der Waals surface area contributed by atoms with Crippen LogP contribution in [0.3, 0.4) is 0 Å². The number of likely N-dealkylation sites (tertiary alicyclic amines) is 1. The Morgan fingerprint density at radius 1 is 1.10 bits per heavy atom. The molecule has 3 aromatic carbocycles. The Morgan fingerprint density at radius 3 is 2.63 bits per heavy atom.